The third kappa shape index (κ3) is 2.40. The molecule has 3 unspecified atom stereocenters. The second-order valence-corrected chi connectivity index (χ2v) is 4.14. The van der Waals surface area contributed by atoms with Gasteiger partial charge in [-0.15, -0.1) is 0 Å². The molecule has 1 aliphatic heterocycles. The molecule has 1 saturated heterocycles. The summed E-state index contributed by atoms with van der Waals surface area (Å²) < 4.78 is 5.59. The smallest absolute Gasteiger partial charge is 0.0894 e. The summed E-state index contributed by atoms with van der Waals surface area (Å²) in [6.07, 6.45) is 4.44. The Morgan fingerprint density at radius 3 is 3.06 bits per heavy atom. The van der Waals surface area contributed by atoms with Crippen molar-refractivity contribution in [3.63, 3.8) is 0 Å². The Hall–Kier alpha value is -0.970. The number of nitrogens with zero attached hydrogens (tertiary/aromatic N) is 1. The summed E-state index contributed by atoms with van der Waals surface area (Å²) in [6, 6.07) is 3.83. The van der Waals surface area contributed by atoms with Gasteiger partial charge in [0.2, 0.25) is 0 Å². The molecule has 4 heteroatoms. The van der Waals surface area contributed by atoms with Crippen LogP contribution in [0, 0.1) is 5.92 Å². The van der Waals surface area contributed by atoms with Crippen LogP contribution in [0.25, 0.3) is 0 Å². The lowest BCUT2D eigenvalue weighted by atomic mass is 9.90. The van der Waals surface area contributed by atoms with Crippen LogP contribution in [0.4, 0.5) is 0 Å². The van der Waals surface area contributed by atoms with E-state index < -0.39 is 6.10 Å². The first-order chi connectivity index (χ1) is 7.83. The van der Waals surface area contributed by atoms with Gasteiger partial charge in [0, 0.05) is 24.9 Å². The molecule has 1 aromatic heterocycles. The first kappa shape index (κ1) is 11.5. The Morgan fingerprint density at radius 2 is 2.38 bits per heavy atom. The number of ether oxygens (including phenoxy) is 1. The van der Waals surface area contributed by atoms with Crippen molar-refractivity contribution >= 4 is 0 Å². The van der Waals surface area contributed by atoms with Crippen LogP contribution in [-0.2, 0) is 4.74 Å². The molecule has 0 bridgehead atoms. The minimum absolute atomic E-state index is 0.0661. The summed E-state index contributed by atoms with van der Waals surface area (Å²) in [7, 11) is 0. The van der Waals surface area contributed by atoms with Crippen molar-refractivity contribution in [1.29, 1.82) is 0 Å². The van der Waals surface area contributed by atoms with Gasteiger partial charge >= 0.3 is 0 Å². The predicted octanol–water partition coefficient (Wildman–Crippen LogP) is 0.902. The number of hydrogen-bond acceptors (Lipinski definition) is 4. The molecule has 88 valence electrons. The Balaban J connectivity index is 2.08. The van der Waals surface area contributed by atoms with Crippen LogP contribution in [0.2, 0.25) is 0 Å². The predicted molar refractivity (Wildman–Crippen MR) is 58.7 cm³/mol. The number of pyridine rings is 1. The standard InChI is InChI=1S/C12H17NO3/c14-6-2-4-10-11(15)8-16-12(10)9-3-1-5-13-7-9/h1,3,5,7,10-12,14-15H,2,4,6,8H2. The molecule has 2 rings (SSSR count). The molecule has 2 heterocycles. The van der Waals surface area contributed by atoms with Gasteiger partial charge in [-0.3, -0.25) is 4.98 Å². The second-order valence-electron chi connectivity index (χ2n) is 4.14. The number of hydrogen-bond donors (Lipinski definition) is 2. The summed E-state index contributed by atoms with van der Waals surface area (Å²) in [4.78, 5) is 4.06. The molecule has 0 aromatic carbocycles. The van der Waals surface area contributed by atoms with Gasteiger partial charge in [-0.25, -0.2) is 0 Å². The molecule has 4 nitrogen and oxygen atoms in total. The van der Waals surface area contributed by atoms with Gasteiger partial charge in [-0.1, -0.05) is 6.07 Å². The van der Waals surface area contributed by atoms with E-state index >= 15 is 0 Å². The highest BCUT2D eigenvalue weighted by Gasteiger charge is 2.36. The minimum atomic E-state index is -0.434. The molecular weight excluding hydrogens is 206 g/mol. The third-order valence-electron chi connectivity index (χ3n) is 3.04. The van der Waals surface area contributed by atoms with Gasteiger partial charge in [0.1, 0.15) is 0 Å². The average Bonchev–Trinajstić information content (AvgIpc) is 2.69. The van der Waals surface area contributed by atoms with Gasteiger partial charge in [0.25, 0.3) is 0 Å². The Kier molecular flexibility index (Phi) is 3.88. The lowest BCUT2D eigenvalue weighted by molar-refractivity contribution is 0.0840. The molecule has 2 N–H and O–H groups in total. The first-order valence-corrected chi connectivity index (χ1v) is 5.63. The van der Waals surface area contributed by atoms with Crippen molar-refractivity contribution in [1.82, 2.24) is 4.98 Å². The highest BCUT2D eigenvalue weighted by atomic mass is 16.5. The van der Waals surface area contributed by atoms with E-state index in [1.54, 1.807) is 12.4 Å². The fraction of sp³-hybridized carbons (Fsp3) is 0.583. The molecule has 16 heavy (non-hydrogen) atoms. The average molecular weight is 223 g/mol. The van der Waals surface area contributed by atoms with Gasteiger partial charge in [0.15, 0.2) is 0 Å². The quantitative estimate of drug-likeness (QED) is 0.796. The fourth-order valence-electron chi connectivity index (χ4n) is 2.21. The van der Waals surface area contributed by atoms with Crippen LogP contribution in [0.5, 0.6) is 0 Å². The largest absolute Gasteiger partial charge is 0.396 e. The van der Waals surface area contributed by atoms with E-state index in [1.807, 2.05) is 12.1 Å². The molecule has 0 radical (unpaired) electrons. The van der Waals surface area contributed by atoms with Crippen molar-refractivity contribution in [3.8, 4) is 0 Å². The van der Waals surface area contributed by atoms with Crippen LogP contribution < -0.4 is 0 Å². The lowest BCUT2D eigenvalue weighted by Gasteiger charge is -2.19. The zero-order valence-electron chi connectivity index (χ0n) is 9.12. The van der Waals surface area contributed by atoms with Crippen LogP contribution in [0.1, 0.15) is 24.5 Å². The fourth-order valence-corrected chi connectivity index (χ4v) is 2.21. The van der Waals surface area contributed by atoms with Crippen LogP contribution in [0.3, 0.4) is 0 Å². The normalized spacial score (nSPS) is 29.5. The van der Waals surface area contributed by atoms with Crippen molar-refractivity contribution in [2.24, 2.45) is 5.92 Å². The van der Waals surface area contributed by atoms with Crippen molar-refractivity contribution in [2.45, 2.75) is 25.0 Å². The maximum atomic E-state index is 9.82. The summed E-state index contributed by atoms with van der Waals surface area (Å²) in [5.74, 6) is 0.0661. The van der Waals surface area contributed by atoms with Crippen molar-refractivity contribution < 1.29 is 14.9 Å². The summed E-state index contributed by atoms with van der Waals surface area (Å²) in [5, 5.41) is 18.7. The maximum Gasteiger partial charge on any atom is 0.0894 e. The van der Waals surface area contributed by atoms with Gasteiger partial charge in [0.05, 0.1) is 18.8 Å². The molecule has 1 aliphatic rings. The van der Waals surface area contributed by atoms with Crippen molar-refractivity contribution in [3.05, 3.63) is 30.1 Å². The van der Waals surface area contributed by atoms with Crippen LogP contribution in [-0.4, -0.2) is 34.5 Å². The molecule has 1 aromatic rings. The number of rotatable bonds is 4. The van der Waals surface area contributed by atoms with Crippen LogP contribution in [0.15, 0.2) is 24.5 Å². The monoisotopic (exact) mass is 223 g/mol. The maximum absolute atomic E-state index is 9.82. The molecule has 0 saturated carbocycles. The summed E-state index contributed by atoms with van der Waals surface area (Å²) >= 11 is 0. The number of aliphatic hydroxyl groups is 2. The third-order valence-corrected chi connectivity index (χ3v) is 3.04. The van der Waals surface area contributed by atoms with E-state index in [0.717, 1.165) is 12.0 Å². The SMILES string of the molecule is OCCCC1C(O)COC1c1cccnc1. The highest BCUT2D eigenvalue weighted by Crippen LogP contribution is 2.37. The summed E-state index contributed by atoms with van der Waals surface area (Å²) in [6.45, 7) is 0.526. The minimum Gasteiger partial charge on any atom is -0.396 e. The van der Waals surface area contributed by atoms with E-state index in [-0.39, 0.29) is 18.6 Å². The van der Waals surface area contributed by atoms with E-state index in [9.17, 15) is 5.11 Å². The number of aromatic nitrogens is 1. The van der Waals surface area contributed by atoms with Gasteiger partial charge < -0.3 is 14.9 Å². The van der Waals surface area contributed by atoms with E-state index in [1.165, 1.54) is 0 Å². The van der Waals surface area contributed by atoms with Crippen molar-refractivity contribution in [2.75, 3.05) is 13.2 Å². The van der Waals surface area contributed by atoms with E-state index in [4.69, 9.17) is 9.84 Å². The van der Waals surface area contributed by atoms with Gasteiger partial charge in [-0.05, 0) is 24.5 Å². The molecule has 0 spiro atoms. The number of aliphatic hydroxyl groups excluding tert-OH is 2. The van der Waals surface area contributed by atoms with E-state index in [0.29, 0.717) is 13.0 Å². The molecule has 1 fully saturated rings. The zero-order valence-corrected chi connectivity index (χ0v) is 9.12. The second kappa shape index (κ2) is 5.39. The van der Waals surface area contributed by atoms with Crippen LogP contribution >= 0.6 is 0 Å². The molecule has 0 aliphatic carbocycles. The Labute approximate surface area is 94.9 Å². The molecule has 3 atom stereocenters. The zero-order chi connectivity index (χ0) is 11.4. The highest BCUT2D eigenvalue weighted by molar-refractivity contribution is 5.15. The molecule has 0 amide bonds. The first-order valence-electron chi connectivity index (χ1n) is 5.63. The Bertz CT molecular complexity index is 317. The van der Waals surface area contributed by atoms with E-state index in [2.05, 4.69) is 4.98 Å². The topological polar surface area (TPSA) is 62.6 Å². The van der Waals surface area contributed by atoms with Gasteiger partial charge in [-0.2, -0.15) is 0 Å². The lowest BCUT2D eigenvalue weighted by Crippen LogP contribution is -2.20. The summed E-state index contributed by atoms with van der Waals surface area (Å²) in [5.41, 5.74) is 1.00. The Morgan fingerprint density at radius 1 is 1.50 bits per heavy atom. The molecular formula is C12H17NO3.